The first kappa shape index (κ1) is 17.6. The first-order chi connectivity index (χ1) is 12.1. The maximum Gasteiger partial charge on any atom is 0.268 e. The van der Waals surface area contributed by atoms with Crippen molar-refractivity contribution < 1.29 is 18.7 Å². The van der Waals surface area contributed by atoms with Gasteiger partial charge in [0.2, 0.25) is 0 Å². The van der Waals surface area contributed by atoms with Crippen molar-refractivity contribution in [1.82, 2.24) is 15.2 Å². The van der Waals surface area contributed by atoms with Crippen LogP contribution in [0.25, 0.3) is 0 Å². The quantitative estimate of drug-likeness (QED) is 0.775. The van der Waals surface area contributed by atoms with Gasteiger partial charge in [0.1, 0.15) is 23.4 Å². The average Bonchev–Trinajstić information content (AvgIpc) is 3.10. The number of hydrogen-bond acceptors (Lipinski definition) is 3. The molecule has 1 fully saturated rings. The van der Waals surface area contributed by atoms with Crippen LogP contribution < -0.4 is 10.6 Å². The van der Waals surface area contributed by atoms with Gasteiger partial charge in [0.25, 0.3) is 5.91 Å². The topological polar surface area (TPSA) is 66.3 Å². The Balaban J connectivity index is 1.66. The number of aliphatic hydroxyl groups excluding tert-OH is 1. The van der Waals surface area contributed by atoms with E-state index in [4.69, 9.17) is 0 Å². The molecule has 3 rings (SSSR count). The molecule has 1 aliphatic heterocycles. The van der Waals surface area contributed by atoms with Crippen molar-refractivity contribution in [2.24, 2.45) is 0 Å². The molecule has 0 spiro atoms. The normalized spacial score (nSPS) is 16.6. The highest BCUT2D eigenvalue weighted by molar-refractivity contribution is 5.92. The second-order valence-corrected chi connectivity index (χ2v) is 6.14. The lowest BCUT2D eigenvalue weighted by Gasteiger charge is -2.26. The van der Waals surface area contributed by atoms with Gasteiger partial charge >= 0.3 is 0 Å². The van der Waals surface area contributed by atoms with Crippen LogP contribution in [0.15, 0.2) is 36.5 Å². The monoisotopic (exact) mass is 349 g/mol. The minimum Gasteiger partial charge on any atom is -0.386 e. The lowest BCUT2D eigenvalue weighted by atomic mass is 10.1. The molecule has 2 aromatic rings. The van der Waals surface area contributed by atoms with E-state index in [1.54, 1.807) is 12.1 Å². The Morgan fingerprint density at radius 3 is 2.60 bits per heavy atom. The number of piperidine rings is 1. The van der Waals surface area contributed by atoms with Crippen LogP contribution in [0, 0.1) is 11.6 Å². The molecule has 0 radical (unpaired) electrons. The highest BCUT2D eigenvalue weighted by Crippen LogP contribution is 2.22. The number of halogens is 2. The summed E-state index contributed by atoms with van der Waals surface area (Å²) in [4.78, 5) is 12.4. The number of amides is 1. The van der Waals surface area contributed by atoms with Gasteiger partial charge < -0.3 is 20.3 Å². The highest BCUT2D eigenvalue weighted by Gasteiger charge is 2.22. The van der Waals surface area contributed by atoms with E-state index in [1.165, 1.54) is 6.07 Å². The van der Waals surface area contributed by atoms with E-state index in [9.17, 15) is 18.7 Å². The van der Waals surface area contributed by atoms with Crippen molar-refractivity contribution in [3.8, 4) is 0 Å². The van der Waals surface area contributed by atoms with Crippen LogP contribution in [0.2, 0.25) is 0 Å². The molecule has 134 valence electrons. The van der Waals surface area contributed by atoms with Crippen LogP contribution in [-0.4, -0.2) is 35.2 Å². The number of nitrogens with zero attached hydrogens (tertiary/aromatic N) is 1. The molecule has 0 bridgehead atoms. The van der Waals surface area contributed by atoms with Gasteiger partial charge in [-0.05, 0) is 50.2 Å². The van der Waals surface area contributed by atoms with Gasteiger partial charge in [0, 0.05) is 18.8 Å². The molecule has 0 saturated carbocycles. The molecule has 1 aliphatic rings. The Bertz CT molecular complexity index is 721. The Morgan fingerprint density at radius 1 is 1.24 bits per heavy atom. The number of hydrogen-bond donors (Lipinski definition) is 3. The molecule has 1 unspecified atom stereocenters. The molecule has 1 saturated heterocycles. The molecule has 2 heterocycles. The van der Waals surface area contributed by atoms with Gasteiger partial charge in [0.15, 0.2) is 0 Å². The molecule has 0 aliphatic carbocycles. The standard InChI is InChI=1S/C18H21F2N3O2/c19-13-3-1-4-14(20)17(13)16(24)11-22-18(25)15-5-2-10-23(15)12-6-8-21-9-7-12/h1-5,10,12,16,21,24H,6-9,11H2,(H,22,25). The van der Waals surface area contributed by atoms with E-state index in [0.717, 1.165) is 38.1 Å². The Morgan fingerprint density at radius 2 is 1.92 bits per heavy atom. The van der Waals surface area contributed by atoms with Crippen molar-refractivity contribution in [2.75, 3.05) is 19.6 Å². The molecular formula is C18H21F2N3O2. The lowest BCUT2D eigenvalue weighted by Crippen LogP contribution is -2.34. The molecular weight excluding hydrogens is 328 g/mol. The second-order valence-electron chi connectivity index (χ2n) is 6.14. The predicted molar refractivity (Wildman–Crippen MR) is 89.2 cm³/mol. The Kier molecular flexibility index (Phi) is 5.45. The van der Waals surface area contributed by atoms with Gasteiger partial charge in [-0.15, -0.1) is 0 Å². The van der Waals surface area contributed by atoms with E-state index in [-0.39, 0.29) is 18.5 Å². The third-order valence-electron chi connectivity index (χ3n) is 4.50. The minimum absolute atomic E-state index is 0.242. The summed E-state index contributed by atoms with van der Waals surface area (Å²) in [7, 11) is 0. The molecule has 1 amide bonds. The maximum atomic E-state index is 13.7. The number of aliphatic hydroxyl groups is 1. The van der Waals surface area contributed by atoms with Crippen molar-refractivity contribution in [3.63, 3.8) is 0 Å². The smallest absolute Gasteiger partial charge is 0.268 e. The van der Waals surface area contributed by atoms with Crippen molar-refractivity contribution in [3.05, 3.63) is 59.4 Å². The van der Waals surface area contributed by atoms with E-state index in [2.05, 4.69) is 10.6 Å². The van der Waals surface area contributed by atoms with Crippen molar-refractivity contribution in [1.29, 1.82) is 0 Å². The second kappa shape index (κ2) is 7.76. The zero-order valence-electron chi connectivity index (χ0n) is 13.7. The number of benzene rings is 1. The van der Waals surface area contributed by atoms with Crippen molar-refractivity contribution >= 4 is 5.91 Å². The van der Waals surface area contributed by atoms with Crippen LogP contribution in [0.1, 0.15) is 41.0 Å². The number of rotatable bonds is 5. The van der Waals surface area contributed by atoms with E-state index in [1.807, 2.05) is 10.8 Å². The first-order valence-electron chi connectivity index (χ1n) is 8.35. The van der Waals surface area contributed by atoms with E-state index < -0.39 is 23.3 Å². The summed E-state index contributed by atoms with van der Waals surface area (Å²) in [5.74, 6) is -2.04. The van der Waals surface area contributed by atoms with Gasteiger partial charge in [0.05, 0.1) is 5.56 Å². The molecule has 1 aromatic heterocycles. The fourth-order valence-corrected chi connectivity index (χ4v) is 3.20. The summed E-state index contributed by atoms with van der Waals surface area (Å²) in [5.41, 5.74) is 0.0460. The van der Waals surface area contributed by atoms with Crippen LogP contribution in [0.4, 0.5) is 8.78 Å². The molecule has 7 heteroatoms. The van der Waals surface area contributed by atoms with Crippen LogP contribution in [-0.2, 0) is 0 Å². The van der Waals surface area contributed by atoms with E-state index >= 15 is 0 Å². The fraction of sp³-hybridized carbons (Fsp3) is 0.389. The average molecular weight is 349 g/mol. The fourth-order valence-electron chi connectivity index (χ4n) is 3.20. The summed E-state index contributed by atoms with van der Waals surface area (Å²) in [6.07, 6.45) is 2.26. The lowest BCUT2D eigenvalue weighted by molar-refractivity contribution is 0.0899. The largest absolute Gasteiger partial charge is 0.386 e. The SMILES string of the molecule is O=C(NCC(O)c1c(F)cccc1F)c1cccn1C1CCNCC1. The number of carbonyl (C=O) groups is 1. The van der Waals surface area contributed by atoms with Gasteiger partial charge in [-0.2, -0.15) is 0 Å². The summed E-state index contributed by atoms with van der Waals surface area (Å²) in [6, 6.07) is 7.12. The van der Waals surface area contributed by atoms with Crippen LogP contribution in [0.3, 0.4) is 0 Å². The van der Waals surface area contributed by atoms with Crippen molar-refractivity contribution in [2.45, 2.75) is 25.0 Å². The highest BCUT2D eigenvalue weighted by atomic mass is 19.1. The van der Waals surface area contributed by atoms with Crippen LogP contribution in [0.5, 0.6) is 0 Å². The molecule has 5 nitrogen and oxygen atoms in total. The Labute approximate surface area is 144 Å². The minimum atomic E-state index is -1.45. The van der Waals surface area contributed by atoms with Gasteiger partial charge in [-0.3, -0.25) is 4.79 Å². The molecule has 25 heavy (non-hydrogen) atoms. The number of aromatic nitrogens is 1. The predicted octanol–water partition coefficient (Wildman–Crippen LogP) is 2.15. The van der Waals surface area contributed by atoms with Gasteiger partial charge in [-0.1, -0.05) is 6.07 Å². The zero-order chi connectivity index (χ0) is 17.8. The summed E-state index contributed by atoms with van der Waals surface area (Å²) in [5, 5.41) is 15.9. The number of nitrogens with one attached hydrogen (secondary N) is 2. The van der Waals surface area contributed by atoms with E-state index in [0.29, 0.717) is 5.69 Å². The summed E-state index contributed by atoms with van der Waals surface area (Å²) >= 11 is 0. The summed E-state index contributed by atoms with van der Waals surface area (Å²) < 4.78 is 29.3. The van der Waals surface area contributed by atoms with Gasteiger partial charge in [-0.25, -0.2) is 8.78 Å². The first-order valence-corrected chi connectivity index (χ1v) is 8.35. The third-order valence-corrected chi connectivity index (χ3v) is 4.50. The van der Waals surface area contributed by atoms with Crippen LogP contribution >= 0.6 is 0 Å². The summed E-state index contributed by atoms with van der Waals surface area (Å²) in [6.45, 7) is 1.53. The molecule has 1 atom stereocenters. The zero-order valence-corrected chi connectivity index (χ0v) is 13.7. The number of carbonyl (C=O) groups excluding carboxylic acids is 1. The third kappa shape index (κ3) is 3.88. The molecule has 3 N–H and O–H groups in total. The Hall–Kier alpha value is -2.25. The maximum absolute atomic E-state index is 13.7. The molecule has 1 aromatic carbocycles.